The number of Topliss-reactive ketones (excluding diaryl/α,β-unsaturated/α-hetero) is 2. The Balaban J connectivity index is 0.000000300. The minimum absolute atomic E-state index is 0.129. The van der Waals surface area contributed by atoms with Crippen LogP contribution in [0.2, 0.25) is 5.02 Å². The van der Waals surface area contributed by atoms with E-state index in [1.54, 1.807) is 0 Å². The summed E-state index contributed by atoms with van der Waals surface area (Å²) >= 11 is 6.30. The van der Waals surface area contributed by atoms with Crippen molar-refractivity contribution in [1.29, 1.82) is 0 Å². The number of aliphatic hydroxyl groups is 3. The van der Waals surface area contributed by atoms with E-state index in [-0.39, 0.29) is 33.0 Å². The van der Waals surface area contributed by atoms with Crippen molar-refractivity contribution in [3.05, 3.63) is 75.5 Å². The number of primary amides is 1. The van der Waals surface area contributed by atoms with Gasteiger partial charge in [0.05, 0.1) is 28.0 Å². The average molecular weight is 693 g/mol. The van der Waals surface area contributed by atoms with Gasteiger partial charge in [-0.15, -0.1) is 0 Å². The summed E-state index contributed by atoms with van der Waals surface area (Å²) in [4.78, 5) is 50.5. The number of carboxylic acids is 1. The lowest BCUT2D eigenvalue weighted by Crippen LogP contribution is -2.65. The van der Waals surface area contributed by atoms with Crippen LogP contribution in [0.25, 0.3) is 11.3 Å². The summed E-state index contributed by atoms with van der Waals surface area (Å²) in [5.74, 6) is -9.17. The van der Waals surface area contributed by atoms with E-state index in [0.29, 0.717) is 6.07 Å². The Morgan fingerprint density at radius 1 is 1.02 bits per heavy atom. The lowest BCUT2D eigenvalue weighted by molar-refractivity contribution is -0.148. The second-order valence-corrected chi connectivity index (χ2v) is 13.3. The van der Waals surface area contributed by atoms with E-state index >= 15 is 0 Å². The molecule has 5 rings (SSSR count). The van der Waals surface area contributed by atoms with Crippen molar-refractivity contribution in [1.82, 2.24) is 4.90 Å². The molecule has 0 radical (unpaired) electrons. The van der Waals surface area contributed by atoms with Crippen LogP contribution < -0.4 is 5.73 Å². The van der Waals surface area contributed by atoms with Gasteiger partial charge < -0.3 is 36.4 Å². The van der Waals surface area contributed by atoms with Crippen LogP contribution in [0, 0.1) is 17.3 Å². The molecule has 1 fully saturated rings. The number of hydrogen-bond donors (Lipinski definition) is 8. The molecule has 5 atom stereocenters. The highest BCUT2D eigenvalue weighted by Crippen LogP contribution is 2.59. The van der Waals surface area contributed by atoms with Crippen molar-refractivity contribution in [3.8, 4) is 11.5 Å². The maximum absolute atomic E-state index is 13.9. The summed E-state index contributed by atoms with van der Waals surface area (Å²) in [6.07, 6.45) is -1.50. The highest BCUT2D eigenvalue weighted by Gasteiger charge is 2.66. The number of allylic oxidation sites excluding steroid dienone is 1. The van der Waals surface area contributed by atoms with Gasteiger partial charge in [0.1, 0.15) is 34.2 Å². The zero-order valence-electron chi connectivity index (χ0n) is 24.8. The van der Waals surface area contributed by atoms with Crippen LogP contribution in [-0.4, -0.2) is 98.2 Å². The lowest BCUT2D eigenvalue weighted by Gasteiger charge is -2.54. The number of carboxylic acid groups (broad SMARTS) is 1. The highest BCUT2D eigenvalue weighted by atomic mass is 35.5. The Kier molecular flexibility index (Phi) is 8.82. The maximum Gasteiger partial charge on any atom is 0.339 e. The van der Waals surface area contributed by atoms with E-state index < -0.39 is 96.3 Å². The molecule has 2 aromatic carbocycles. The molecule has 1 unspecified atom stereocenters. The van der Waals surface area contributed by atoms with E-state index in [9.17, 15) is 48.0 Å². The Morgan fingerprint density at radius 3 is 2.11 bits per heavy atom. The number of hydrogen-bond acceptors (Lipinski definition) is 12. The Bertz CT molecular complexity index is 1970. The van der Waals surface area contributed by atoms with Gasteiger partial charge in [0.2, 0.25) is 0 Å². The van der Waals surface area contributed by atoms with Gasteiger partial charge in [-0.25, -0.2) is 4.79 Å². The van der Waals surface area contributed by atoms with Crippen LogP contribution in [0.3, 0.4) is 0 Å². The van der Waals surface area contributed by atoms with Crippen molar-refractivity contribution in [2.75, 3.05) is 14.1 Å². The molecule has 3 aliphatic rings. The molecule has 1 saturated carbocycles. The van der Waals surface area contributed by atoms with E-state index in [1.807, 2.05) is 0 Å². The van der Waals surface area contributed by atoms with Gasteiger partial charge in [0.25, 0.3) is 16.0 Å². The number of halogens is 1. The smallest absolute Gasteiger partial charge is 0.339 e. The number of benzene rings is 2. The molecule has 0 aromatic heterocycles. The van der Waals surface area contributed by atoms with Gasteiger partial charge in [-0.3, -0.25) is 23.8 Å². The number of nitrogens with zero attached hydrogens (tertiary/aromatic N) is 1. The van der Waals surface area contributed by atoms with Gasteiger partial charge >= 0.3 is 5.97 Å². The number of amides is 1. The fourth-order valence-corrected chi connectivity index (χ4v) is 7.22. The summed E-state index contributed by atoms with van der Waals surface area (Å²) in [5.41, 5.74) is 1.97. The fraction of sp³-hybridized carbons (Fsp3) is 0.267. The number of ketones is 2. The number of nitrogens with two attached hydrogens (primary N) is 1. The third-order valence-electron chi connectivity index (χ3n) is 8.61. The average Bonchev–Trinajstić information content (AvgIpc) is 2.95. The van der Waals surface area contributed by atoms with Gasteiger partial charge in [-0.2, -0.15) is 8.42 Å². The third kappa shape index (κ3) is 5.33. The lowest BCUT2D eigenvalue weighted by atomic mass is 9.51. The predicted octanol–water partition coefficient (Wildman–Crippen LogP) is 1.67. The first-order chi connectivity index (χ1) is 21.6. The highest BCUT2D eigenvalue weighted by molar-refractivity contribution is 7.85. The number of fused-ring (bicyclic) bond motifs is 3. The van der Waals surface area contributed by atoms with Crippen LogP contribution in [0.4, 0.5) is 0 Å². The maximum atomic E-state index is 13.9. The number of carbonyl (C=O) groups is 4. The van der Waals surface area contributed by atoms with E-state index in [2.05, 4.69) is 6.58 Å². The zero-order valence-corrected chi connectivity index (χ0v) is 26.4. The van der Waals surface area contributed by atoms with Crippen LogP contribution >= 0.6 is 11.6 Å². The minimum atomic E-state index is -4.45. The van der Waals surface area contributed by atoms with Crippen LogP contribution in [0.1, 0.15) is 28.4 Å². The van der Waals surface area contributed by atoms with Crippen LogP contribution in [0.15, 0.2) is 58.7 Å². The van der Waals surface area contributed by atoms with E-state index in [4.69, 9.17) is 32.1 Å². The van der Waals surface area contributed by atoms with Crippen molar-refractivity contribution in [3.63, 3.8) is 0 Å². The Morgan fingerprint density at radius 2 is 1.60 bits per heavy atom. The molecule has 0 spiro atoms. The topological polar surface area (TPSA) is 273 Å². The molecular weight excluding hydrogens is 664 g/mol. The normalized spacial score (nSPS) is 25.5. The van der Waals surface area contributed by atoms with Crippen molar-refractivity contribution < 1.29 is 62.8 Å². The molecule has 3 aliphatic carbocycles. The summed E-state index contributed by atoms with van der Waals surface area (Å²) in [6, 6.07) is 3.89. The largest absolute Gasteiger partial charge is 0.510 e. The molecule has 15 nitrogen and oxygen atoms in total. The number of aromatic carboxylic acids is 1. The van der Waals surface area contributed by atoms with Crippen LogP contribution in [-0.2, 0) is 24.5 Å². The number of rotatable bonds is 4. The molecular formula is C30H29ClN2O13S. The van der Waals surface area contributed by atoms with E-state index in [1.165, 1.54) is 38.1 Å². The first kappa shape index (κ1) is 35.1. The number of carbonyl (C=O) groups excluding carboxylic acids is 3. The number of aromatic hydroxyl groups is 2. The molecule has 0 bridgehead atoms. The third-order valence-corrected chi connectivity index (χ3v) is 9.77. The van der Waals surface area contributed by atoms with Crippen molar-refractivity contribution in [2.24, 2.45) is 23.0 Å². The molecule has 1 amide bonds. The Labute approximate surface area is 271 Å². The zero-order chi connectivity index (χ0) is 35.7. The number of likely N-dealkylation sites (N-methyl/N-ethyl adjacent to an activating group) is 1. The first-order valence-electron chi connectivity index (χ1n) is 13.5. The second-order valence-electron chi connectivity index (χ2n) is 11.4. The SMILES string of the molecule is C=C1c2c(Cl)ccc(O)c2C(O)=C2C(=O)[C@]3(C)C(O)=C(C(N)=O)C(=O)[C@@H](N(C)C)[C@@H]3[C@@H](O)C12.O=C(O)c1cc(S(=O)(=O)O)ccc1O. The molecule has 2 aromatic rings. The molecule has 0 heterocycles. The molecule has 47 heavy (non-hydrogen) atoms. The minimum Gasteiger partial charge on any atom is -0.510 e. The van der Waals surface area contributed by atoms with Gasteiger partial charge in [-0.05, 0) is 56.9 Å². The van der Waals surface area contributed by atoms with Crippen LogP contribution in [0.5, 0.6) is 11.5 Å². The van der Waals surface area contributed by atoms with Gasteiger partial charge in [0.15, 0.2) is 11.6 Å². The summed E-state index contributed by atoms with van der Waals surface area (Å²) in [7, 11) is -1.39. The van der Waals surface area contributed by atoms with Gasteiger partial charge in [0, 0.05) is 28.0 Å². The van der Waals surface area contributed by atoms with Crippen molar-refractivity contribution >= 4 is 56.5 Å². The van der Waals surface area contributed by atoms with Crippen molar-refractivity contribution in [2.45, 2.75) is 24.0 Å². The quantitative estimate of drug-likeness (QED) is 0.167. The monoisotopic (exact) mass is 692 g/mol. The Hall–Kier alpha value is -4.74. The molecule has 250 valence electrons. The number of phenols is 2. The second kappa shape index (κ2) is 11.8. The molecule has 17 heteroatoms. The molecule has 0 saturated heterocycles. The standard InChI is InChI=1S/C23H23ClN2O7.C7H6O6S/c1-7-10-8(24)5-6-9(27)12(10)17(28)13-11(7)18(29)15-16(26(3)4)19(30)14(22(25)33)21(32)23(15,2)20(13)31;8-6-2-1-4(14(11,12)13)3-5(6)7(9)10/h5-6,11,15-16,18,27-29,32H,1H2,2-4H3,(H2,25,33);1-3,8H,(H,9,10)(H,11,12,13)/t11?,15-,16+,18+,23-;/m1./s1. The summed E-state index contributed by atoms with van der Waals surface area (Å²) < 4.78 is 29.8. The molecule has 0 aliphatic heterocycles. The summed E-state index contributed by atoms with van der Waals surface area (Å²) in [5, 5.41) is 61.7. The first-order valence-corrected chi connectivity index (χ1v) is 15.3. The predicted molar refractivity (Wildman–Crippen MR) is 164 cm³/mol. The summed E-state index contributed by atoms with van der Waals surface area (Å²) in [6.45, 7) is 5.26. The fourth-order valence-electron chi connectivity index (χ4n) is 6.43. The molecule has 9 N–H and O–H groups in total. The number of aliphatic hydroxyl groups excluding tert-OH is 3. The van der Waals surface area contributed by atoms with E-state index in [0.717, 1.165) is 12.1 Å². The number of phenolic OH excluding ortho intramolecular Hbond substituents is 1. The van der Waals surface area contributed by atoms with Gasteiger partial charge in [-0.1, -0.05) is 18.2 Å².